The number of nitrogens with zero attached hydrogens (tertiary/aromatic N) is 1. The van der Waals surface area contributed by atoms with E-state index in [1.807, 2.05) is 0 Å². The van der Waals surface area contributed by atoms with Crippen LogP contribution < -0.4 is 9.64 Å². The van der Waals surface area contributed by atoms with E-state index >= 15 is 0 Å². The lowest BCUT2D eigenvalue weighted by Crippen LogP contribution is -2.34. The van der Waals surface area contributed by atoms with Crippen LogP contribution in [-0.2, 0) is 9.59 Å². The lowest BCUT2D eigenvalue weighted by molar-refractivity contribution is -0.136. The van der Waals surface area contributed by atoms with Crippen molar-refractivity contribution in [3.8, 4) is 5.75 Å². The number of unbranched alkanes of at least 4 members (excludes halogenated alkanes) is 11. The molecule has 0 aliphatic carbocycles. The highest BCUT2D eigenvalue weighted by atomic mass is 16.5. The van der Waals surface area contributed by atoms with Crippen molar-refractivity contribution in [2.45, 2.75) is 84.0 Å². The second kappa shape index (κ2) is 16.8. The van der Waals surface area contributed by atoms with E-state index in [-0.39, 0.29) is 17.0 Å². The number of carboxylic acid groups (broad SMARTS) is 3. The van der Waals surface area contributed by atoms with Gasteiger partial charge in [-0.05, 0) is 18.6 Å². The number of aromatic carboxylic acids is 1. The maximum atomic E-state index is 11.5. The van der Waals surface area contributed by atoms with E-state index in [9.17, 15) is 19.5 Å². The van der Waals surface area contributed by atoms with Crippen LogP contribution in [0.5, 0.6) is 5.75 Å². The third-order valence-electron chi connectivity index (χ3n) is 5.42. The summed E-state index contributed by atoms with van der Waals surface area (Å²) >= 11 is 0. The molecule has 0 saturated carbocycles. The second-order valence-electron chi connectivity index (χ2n) is 8.40. The average molecular weight is 466 g/mol. The third kappa shape index (κ3) is 13.4. The number of ether oxygens (including phenoxy) is 1. The van der Waals surface area contributed by atoms with Gasteiger partial charge in [0.25, 0.3) is 0 Å². The molecule has 0 amide bonds. The van der Waals surface area contributed by atoms with E-state index in [1.54, 1.807) is 0 Å². The predicted molar refractivity (Wildman–Crippen MR) is 127 cm³/mol. The molecule has 0 spiro atoms. The largest absolute Gasteiger partial charge is 0.493 e. The fourth-order valence-corrected chi connectivity index (χ4v) is 3.67. The highest BCUT2D eigenvalue weighted by molar-refractivity contribution is 5.90. The maximum Gasteiger partial charge on any atom is 0.335 e. The number of carboxylic acids is 3. The molecule has 1 rings (SSSR count). The van der Waals surface area contributed by atoms with Crippen molar-refractivity contribution in [3.05, 3.63) is 23.8 Å². The molecule has 0 aromatic heterocycles. The normalized spacial score (nSPS) is 10.7. The minimum Gasteiger partial charge on any atom is -0.493 e. The molecule has 186 valence electrons. The van der Waals surface area contributed by atoms with Gasteiger partial charge in [-0.2, -0.15) is 0 Å². The van der Waals surface area contributed by atoms with Crippen molar-refractivity contribution in [1.29, 1.82) is 0 Å². The number of hydrogen-bond acceptors (Lipinski definition) is 5. The van der Waals surface area contributed by atoms with Crippen LogP contribution in [0.3, 0.4) is 0 Å². The summed E-state index contributed by atoms with van der Waals surface area (Å²) in [4.78, 5) is 34.7. The Morgan fingerprint density at radius 3 is 1.67 bits per heavy atom. The summed E-state index contributed by atoms with van der Waals surface area (Å²) in [5, 5.41) is 27.5. The van der Waals surface area contributed by atoms with Gasteiger partial charge in [-0.15, -0.1) is 0 Å². The number of rotatable bonds is 20. The van der Waals surface area contributed by atoms with E-state index in [4.69, 9.17) is 14.9 Å². The Bertz CT molecular complexity index is 719. The Balaban J connectivity index is 2.43. The Labute approximate surface area is 196 Å². The van der Waals surface area contributed by atoms with Crippen LogP contribution in [-0.4, -0.2) is 52.9 Å². The summed E-state index contributed by atoms with van der Waals surface area (Å²) in [5.41, 5.74) is 0.0994. The minimum absolute atomic E-state index is 0.0852. The summed E-state index contributed by atoms with van der Waals surface area (Å²) in [7, 11) is 0. The fraction of sp³-hybridized carbons (Fsp3) is 0.640. The molecule has 0 saturated heterocycles. The van der Waals surface area contributed by atoms with Gasteiger partial charge in [0.05, 0.1) is 12.2 Å². The first-order valence-corrected chi connectivity index (χ1v) is 12.0. The molecule has 1 aromatic rings. The maximum absolute atomic E-state index is 11.5. The van der Waals surface area contributed by atoms with Gasteiger partial charge in [-0.3, -0.25) is 9.59 Å². The highest BCUT2D eigenvalue weighted by Gasteiger charge is 2.17. The minimum atomic E-state index is -1.21. The quantitative estimate of drug-likeness (QED) is 0.217. The Morgan fingerprint density at radius 2 is 1.21 bits per heavy atom. The zero-order valence-corrected chi connectivity index (χ0v) is 19.8. The standard InChI is InChI=1S/C25H39NO7/c1-2-3-4-5-6-7-8-9-10-11-12-13-14-33-22-16-20(25(31)32)15-21(17-22)26(18-23(27)28)19-24(29)30/h15-17H,2-14,18-19H2,1H3,(H,27,28)(H,29,30)(H,31,32). The third-order valence-corrected chi connectivity index (χ3v) is 5.42. The summed E-state index contributed by atoms with van der Waals surface area (Å²) in [6, 6.07) is 4.11. The van der Waals surface area contributed by atoms with E-state index in [0.717, 1.165) is 24.2 Å². The first-order chi connectivity index (χ1) is 15.8. The molecule has 8 nitrogen and oxygen atoms in total. The van der Waals surface area contributed by atoms with Gasteiger partial charge >= 0.3 is 17.9 Å². The first-order valence-electron chi connectivity index (χ1n) is 12.0. The van der Waals surface area contributed by atoms with Crippen LogP contribution in [0, 0.1) is 0 Å². The molecule has 0 unspecified atom stereocenters. The molecule has 33 heavy (non-hydrogen) atoms. The predicted octanol–water partition coefficient (Wildman–Crippen LogP) is 5.44. The van der Waals surface area contributed by atoms with Gasteiger partial charge in [-0.1, -0.05) is 77.6 Å². The smallest absolute Gasteiger partial charge is 0.335 e. The lowest BCUT2D eigenvalue weighted by Gasteiger charge is -2.22. The van der Waals surface area contributed by atoms with Crippen LogP contribution >= 0.6 is 0 Å². The van der Waals surface area contributed by atoms with E-state index < -0.39 is 31.0 Å². The van der Waals surface area contributed by atoms with Crippen LogP contribution in [0.1, 0.15) is 94.3 Å². The number of benzene rings is 1. The lowest BCUT2D eigenvalue weighted by atomic mass is 10.1. The topological polar surface area (TPSA) is 124 Å². The van der Waals surface area contributed by atoms with E-state index in [1.165, 1.54) is 76.0 Å². The molecular formula is C25H39NO7. The summed E-state index contributed by atoms with van der Waals surface area (Å²) < 4.78 is 5.70. The molecule has 3 N–H and O–H groups in total. The Morgan fingerprint density at radius 1 is 0.727 bits per heavy atom. The van der Waals surface area contributed by atoms with Crippen molar-refractivity contribution in [2.75, 3.05) is 24.6 Å². The summed E-state index contributed by atoms with van der Waals surface area (Å²) in [6.07, 6.45) is 14.7. The van der Waals surface area contributed by atoms with Crippen molar-refractivity contribution in [2.24, 2.45) is 0 Å². The van der Waals surface area contributed by atoms with Crippen molar-refractivity contribution < 1.29 is 34.4 Å². The van der Waals surface area contributed by atoms with Crippen molar-refractivity contribution in [3.63, 3.8) is 0 Å². The zero-order chi connectivity index (χ0) is 24.5. The van der Waals surface area contributed by atoms with Gasteiger partial charge in [-0.25, -0.2) is 4.79 Å². The van der Waals surface area contributed by atoms with E-state index in [0.29, 0.717) is 6.61 Å². The van der Waals surface area contributed by atoms with Gasteiger partial charge in [0, 0.05) is 11.8 Å². The molecule has 0 aliphatic heterocycles. The number of hydrogen-bond donors (Lipinski definition) is 3. The molecule has 0 radical (unpaired) electrons. The van der Waals surface area contributed by atoms with Crippen molar-refractivity contribution >= 4 is 23.6 Å². The second-order valence-corrected chi connectivity index (χ2v) is 8.40. The molecule has 0 atom stereocenters. The highest BCUT2D eigenvalue weighted by Crippen LogP contribution is 2.25. The number of anilines is 1. The van der Waals surface area contributed by atoms with Crippen LogP contribution in [0.4, 0.5) is 5.69 Å². The monoisotopic (exact) mass is 465 g/mol. The van der Waals surface area contributed by atoms with Crippen LogP contribution in [0.2, 0.25) is 0 Å². The molecule has 0 heterocycles. The van der Waals surface area contributed by atoms with Crippen LogP contribution in [0.15, 0.2) is 18.2 Å². The number of carbonyl (C=O) groups is 3. The molecular weight excluding hydrogens is 426 g/mol. The molecule has 0 bridgehead atoms. The van der Waals surface area contributed by atoms with E-state index in [2.05, 4.69) is 6.92 Å². The fourth-order valence-electron chi connectivity index (χ4n) is 3.67. The summed E-state index contributed by atoms with van der Waals surface area (Å²) in [6.45, 7) is 1.52. The van der Waals surface area contributed by atoms with Gasteiger partial charge in [0.1, 0.15) is 18.8 Å². The van der Waals surface area contributed by atoms with Gasteiger partial charge < -0.3 is 25.0 Å². The zero-order valence-electron chi connectivity index (χ0n) is 19.8. The molecule has 1 aromatic carbocycles. The molecule has 0 fully saturated rings. The van der Waals surface area contributed by atoms with Gasteiger partial charge in [0.2, 0.25) is 0 Å². The Kier molecular flexibility index (Phi) is 14.4. The number of aliphatic carboxylic acids is 2. The van der Waals surface area contributed by atoms with Gasteiger partial charge in [0.15, 0.2) is 0 Å². The summed E-state index contributed by atoms with van der Waals surface area (Å²) in [5.74, 6) is -3.33. The Hall–Kier alpha value is -2.77. The first kappa shape index (κ1) is 28.3. The molecule has 0 aliphatic rings. The van der Waals surface area contributed by atoms with Crippen LogP contribution in [0.25, 0.3) is 0 Å². The average Bonchev–Trinajstić information content (AvgIpc) is 2.75. The SMILES string of the molecule is CCCCCCCCCCCCCCOc1cc(C(=O)O)cc(N(CC(=O)O)CC(=O)O)c1. The van der Waals surface area contributed by atoms with Crippen molar-refractivity contribution in [1.82, 2.24) is 0 Å². The molecule has 8 heteroatoms.